The van der Waals surface area contributed by atoms with Crippen molar-refractivity contribution in [1.29, 1.82) is 0 Å². The van der Waals surface area contributed by atoms with Gasteiger partial charge in [0.1, 0.15) is 5.01 Å². The fourth-order valence-corrected chi connectivity index (χ4v) is 3.29. The first-order valence-electron chi connectivity index (χ1n) is 6.43. The minimum Gasteiger partial charge on any atom is -0.358 e. The quantitative estimate of drug-likeness (QED) is 0.591. The lowest BCUT2D eigenvalue weighted by Crippen LogP contribution is -2.40. The largest absolute Gasteiger partial charge is 0.358 e. The first kappa shape index (κ1) is 18.5. The fraction of sp³-hybridized carbons (Fsp3) is 0.636. The van der Waals surface area contributed by atoms with Gasteiger partial charge in [-0.05, 0) is 5.92 Å². The van der Waals surface area contributed by atoms with E-state index in [0.717, 1.165) is 5.01 Å². The summed E-state index contributed by atoms with van der Waals surface area (Å²) in [4.78, 5) is 23.2. The molecule has 22 heavy (non-hydrogen) atoms. The van der Waals surface area contributed by atoms with Gasteiger partial charge in [0, 0.05) is 13.5 Å². The highest BCUT2D eigenvalue weighted by Crippen LogP contribution is 2.19. The van der Waals surface area contributed by atoms with Gasteiger partial charge in [0.05, 0.1) is 6.42 Å². The molecule has 3 N–H and O–H groups in total. The summed E-state index contributed by atoms with van der Waals surface area (Å²) in [5.74, 6) is -1.33. The number of aromatic nitrogens is 2. The number of hydrogen-bond acceptors (Lipinski definition) is 7. The topological polar surface area (TPSA) is 138 Å². The Bertz CT molecular complexity index is 641. The lowest BCUT2D eigenvalue weighted by Gasteiger charge is -2.11. The average molecular weight is 350 g/mol. The molecule has 0 radical (unpaired) electrons. The van der Waals surface area contributed by atoms with Gasteiger partial charge >= 0.3 is 0 Å². The van der Waals surface area contributed by atoms with E-state index in [4.69, 9.17) is 4.55 Å². The smallest absolute Gasteiger partial charge is 0.277 e. The highest BCUT2D eigenvalue weighted by Gasteiger charge is 2.32. The molecule has 1 aromatic heterocycles. The molecule has 0 fully saturated rings. The van der Waals surface area contributed by atoms with Crippen molar-refractivity contribution >= 4 is 38.4 Å². The van der Waals surface area contributed by atoms with E-state index in [1.54, 1.807) is 0 Å². The number of carbonyl (C=O) groups excluding carboxylic acids is 2. The Hall–Kier alpha value is -1.59. The summed E-state index contributed by atoms with van der Waals surface area (Å²) in [6, 6.07) is 0. The van der Waals surface area contributed by atoms with E-state index in [-0.39, 0.29) is 5.13 Å². The van der Waals surface area contributed by atoms with Crippen LogP contribution in [0.5, 0.6) is 0 Å². The summed E-state index contributed by atoms with van der Waals surface area (Å²) in [5.41, 5.74) is 0. The van der Waals surface area contributed by atoms with Gasteiger partial charge in [-0.15, -0.1) is 10.2 Å². The Kier molecular flexibility index (Phi) is 6.38. The van der Waals surface area contributed by atoms with Crippen LogP contribution in [-0.2, 0) is 26.1 Å². The Labute approximate surface area is 132 Å². The SMILES string of the molecule is CNC(=O)C(CC(=O)Nc1nnc(CC(C)C)s1)S(=O)(=O)O. The first-order valence-corrected chi connectivity index (χ1v) is 8.75. The molecule has 11 heteroatoms. The van der Waals surface area contributed by atoms with Crippen LogP contribution in [0.4, 0.5) is 5.13 Å². The van der Waals surface area contributed by atoms with Crippen LogP contribution >= 0.6 is 11.3 Å². The average Bonchev–Trinajstić information content (AvgIpc) is 2.80. The van der Waals surface area contributed by atoms with Crippen molar-refractivity contribution < 1.29 is 22.6 Å². The number of nitrogens with zero attached hydrogens (tertiary/aromatic N) is 2. The van der Waals surface area contributed by atoms with Gasteiger partial charge in [-0.2, -0.15) is 8.42 Å². The number of anilines is 1. The van der Waals surface area contributed by atoms with Gasteiger partial charge < -0.3 is 10.6 Å². The van der Waals surface area contributed by atoms with Gasteiger partial charge in [0.2, 0.25) is 16.9 Å². The van der Waals surface area contributed by atoms with E-state index in [1.807, 2.05) is 13.8 Å². The Morgan fingerprint density at radius 2 is 1.95 bits per heavy atom. The second-order valence-corrected chi connectivity index (χ2v) is 7.63. The van der Waals surface area contributed by atoms with Crippen LogP contribution in [0.15, 0.2) is 0 Å². The van der Waals surface area contributed by atoms with Crippen LogP contribution in [0.25, 0.3) is 0 Å². The molecule has 0 spiro atoms. The molecule has 1 aromatic rings. The molecule has 0 saturated carbocycles. The van der Waals surface area contributed by atoms with E-state index in [1.165, 1.54) is 18.4 Å². The third-order valence-electron chi connectivity index (χ3n) is 2.57. The molecule has 0 aliphatic rings. The second-order valence-electron chi connectivity index (χ2n) is 4.97. The third kappa shape index (κ3) is 5.66. The minimum atomic E-state index is -4.68. The maximum atomic E-state index is 11.8. The predicted octanol–water partition coefficient (Wildman–Crippen LogP) is 0.0676. The van der Waals surface area contributed by atoms with Crippen LogP contribution in [0.3, 0.4) is 0 Å². The van der Waals surface area contributed by atoms with E-state index in [9.17, 15) is 18.0 Å². The van der Waals surface area contributed by atoms with Crippen molar-refractivity contribution in [1.82, 2.24) is 15.5 Å². The number of rotatable bonds is 7. The summed E-state index contributed by atoms with van der Waals surface area (Å²) >= 11 is 1.17. The first-order chi connectivity index (χ1) is 10.1. The normalized spacial score (nSPS) is 13.0. The minimum absolute atomic E-state index is 0.214. The molecule has 0 aliphatic carbocycles. The number of amides is 2. The molecule has 1 atom stereocenters. The lowest BCUT2D eigenvalue weighted by molar-refractivity contribution is -0.123. The van der Waals surface area contributed by atoms with Crippen molar-refractivity contribution in [2.45, 2.75) is 31.9 Å². The molecule has 2 amide bonds. The van der Waals surface area contributed by atoms with Crippen molar-refractivity contribution in [2.75, 3.05) is 12.4 Å². The maximum Gasteiger partial charge on any atom is 0.277 e. The molecule has 1 rings (SSSR count). The molecule has 0 aromatic carbocycles. The standard InChI is InChI=1S/C11H18N4O5S2/c1-6(2)4-9-14-15-11(21-9)13-8(16)5-7(10(17)12-3)22(18,19)20/h6-7H,4-5H2,1-3H3,(H,12,17)(H,13,15,16)(H,18,19,20). The summed E-state index contributed by atoms with van der Waals surface area (Å²) in [7, 11) is -3.47. The van der Waals surface area contributed by atoms with E-state index >= 15 is 0 Å². The number of carbonyl (C=O) groups is 2. The van der Waals surface area contributed by atoms with Gasteiger partial charge in [0.15, 0.2) is 5.25 Å². The summed E-state index contributed by atoms with van der Waals surface area (Å²) in [6.45, 7) is 4.03. The van der Waals surface area contributed by atoms with Crippen LogP contribution < -0.4 is 10.6 Å². The zero-order valence-electron chi connectivity index (χ0n) is 12.4. The van der Waals surface area contributed by atoms with E-state index in [2.05, 4.69) is 20.8 Å². The molecular weight excluding hydrogens is 332 g/mol. The van der Waals surface area contributed by atoms with Crippen molar-refractivity contribution in [3.63, 3.8) is 0 Å². The number of hydrogen-bond donors (Lipinski definition) is 3. The zero-order chi connectivity index (χ0) is 16.9. The van der Waals surface area contributed by atoms with Gasteiger partial charge in [-0.3, -0.25) is 14.1 Å². The molecule has 124 valence electrons. The van der Waals surface area contributed by atoms with Crippen LogP contribution in [0.1, 0.15) is 25.3 Å². The zero-order valence-corrected chi connectivity index (χ0v) is 14.0. The van der Waals surface area contributed by atoms with E-state index in [0.29, 0.717) is 12.3 Å². The Morgan fingerprint density at radius 1 is 1.32 bits per heavy atom. The molecular formula is C11H18N4O5S2. The molecule has 9 nitrogen and oxygen atoms in total. The van der Waals surface area contributed by atoms with E-state index < -0.39 is 33.6 Å². The van der Waals surface area contributed by atoms with Crippen LogP contribution in [0.2, 0.25) is 0 Å². The molecule has 0 bridgehead atoms. The monoisotopic (exact) mass is 350 g/mol. The molecule has 0 aliphatic heterocycles. The predicted molar refractivity (Wildman–Crippen MR) is 81.1 cm³/mol. The van der Waals surface area contributed by atoms with Gasteiger partial charge in [0.25, 0.3) is 10.1 Å². The lowest BCUT2D eigenvalue weighted by atomic mass is 10.1. The molecule has 1 heterocycles. The highest BCUT2D eigenvalue weighted by atomic mass is 32.2. The molecule has 1 unspecified atom stereocenters. The highest BCUT2D eigenvalue weighted by molar-refractivity contribution is 7.87. The van der Waals surface area contributed by atoms with Crippen molar-refractivity contribution in [2.24, 2.45) is 5.92 Å². The van der Waals surface area contributed by atoms with Crippen LogP contribution in [0, 0.1) is 5.92 Å². The summed E-state index contributed by atoms with van der Waals surface area (Å²) < 4.78 is 31.3. The third-order valence-corrected chi connectivity index (χ3v) is 4.53. The van der Waals surface area contributed by atoms with Gasteiger partial charge in [-0.1, -0.05) is 25.2 Å². The summed E-state index contributed by atoms with van der Waals surface area (Å²) in [6.07, 6.45) is -0.00295. The summed E-state index contributed by atoms with van der Waals surface area (Å²) in [5, 5.41) is 11.2. The van der Waals surface area contributed by atoms with Crippen LogP contribution in [-0.4, -0.2) is 47.3 Å². The van der Waals surface area contributed by atoms with Crippen molar-refractivity contribution in [3.8, 4) is 0 Å². The fourth-order valence-electron chi connectivity index (χ4n) is 1.57. The second kappa shape index (κ2) is 7.61. The van der Waals surface area contributed by atoms with Crippen molar-refractivity contribution in [3.05, 3.63) is 5.01 Å². The molecule has 0 saturated heterocycles. The van der Waals surface area contributed by atoms with Gasteiger partial charge in [-0.25, -0.2) is 0 Å². The Morgan fingerprint density at radius 3 is 2.45 bits per heavy atom. The Balaban J connectivity index is 2.72. The maximum absolute atomic E-state index is 11.8. The number of nitrogens with one attached hydrogen (secondary N) is 2.